The van der Waals surface area contributed by atoms with E-state index in [4.69, 9.17) is 0 Å². The second kappa shape index (κ2) is 5.33. The minimum atomic E-state index is -0.707. The summed E-state index contributed by atoms with van der Waals surface area (Å²) in [5.74, 6) is 0.124. The highest BCUT2D eigenvalue weighted by Crippen LogP contribution is 2.17. The Morgan fingerprint density at radius 1 is 1.24 bits per heavy atom. The molecule has 17 heavy (non-hydrogen) atoms. The number of piperidine rings is 1. The normalized spacial score (nSPS) is 35.2. The van der Waals surface area contributed by atoms with Gasteiger partial charge in [-0.25, -0.2) is 0 Å². The highest BCUT2D eigenvalue weighted by atomic mass is 16.3. The van der Waals surface area contributed by atoms with Crippen molar-refractivity contribution in [2.45, 2.75) is 44.4 Å². The van der Waals surface area contributed by atoms with Gasteiger partial charge in [-0.15, -0.1) is 0 Å². The van der Waals surface area contributed by atoms with Gasteiger partial charge in [-0.3, -0.25) is 9.69 Å². The molecular formula is C12H22N2O3. The van der Waals surface area contributed by atoms with Crippen LogP contribution in [0.25, 0.3) is 0 Å². The van der Waals surface area contributed by atoms with Crippen LogP contribution in [0.2, 0.25) is 0 Å². The summed E-state index contributed by atoms with van der Waals surface area (Å²) in [6.45, 7) is 4.05. The topological polar surface area (TPSA) is 64.0 Å². The molecule has 2 fully saturated rings. The second-order valence-corrected chi connectivity index (χ2v) is 5.26. The molecule has 0 saturated carbocycles. The third kappa shape index (κ3) is 2.97. The van der Waals surface area contributed by atoms with Crippen LogP contribution in [0, 0.1) is 0 Å². The molecule has 0 aliphatic carbocycles. The van der Waals surface area contributed by atoms with Crippen LogP contribution in [0.5, 0.6) is 0 Å². The minimum Gasteiger partial charge on any atom is -0.389 e. The van der Waals surface area contributed by atoms with Crippen LogP contribution in [0.1, 0.15) is 26.2 Å². The molecule has 0 aromatic rings. The molecule has 2 aliphatic heterocycles. The first-order chi connectivity index (χ1) is 8.08. The summed E-state index contributed by atoms with van der Waals surface area (Å²) in [5, 5.41) is 18.9. The fraction of sp³-hybridized carbons (Fsp3) is 0.917. The maximum Gasteiger partial charge on any atom is 0.236 e. The van der Waals surface area contributed by atoms with Crippen LogP contribution in [0.15, 0.2) is 0 Å². The Bertz CT molecular complexity index is 275. The number of aliphatic hydroxyl groups excluding tert-OH is 2. The number of carbonyl (C=O) groups is 1. The zero-order valence-electron chi connectivity index (χ0n) is 10.4. The number of aliphatic hydroxyl groups is 2. The Kier molecular flexibility index (Phi) is 4.01. The molecule has 1 amide bonds. The van der Waals surface area contributed by atoms with Crippen molar-refractivity contribution in [1.82, 2.24) is 9.80 Å². The Hall–Kier alpha value is -0.650. The van der Waals surface area contributed by atoms with Gasteiger partial charge in [-0.2, -0.15) is 0 Å². The van der Waals surface area contributed by atoms with Gasteiger partial charge in [-0.1, -0.05) is 0 Å². The first-order valence-electron chi connectivity index (χ1n) is 6.46. The van der Waals surface area contributed by atoms with Crippen LogP contribution in [-0.2, 0) is 4.79 Å². The zero-order chi connectivity index (χ0) is 12.4. The molecule has 2 aliphatic rings. The van der Waals surface area contributed by atoms with E-state index < -0.39 is 12.2 Å². The molecule has 98 valence electrons. The standard InChI is InChI=1S/C12H22N2O3/c1-9-4-2-3-5-14(9)12(17)8-13-6-10(15)11(16)7-13/h9-11,15-16H,2-8H2,1H3/t9?,10-,11+. The first-order valence-corrected chi connectivity index (χ1v) is 6.46. The Morgan fingerprint density at radius 2 is 1.88 bits per heavy atom. The van der Waals surface area contributed by atoms with Crippen molar-refractivity contribution >= 4 is 5.91 Å². The molecular weight excluding hydrogens is 220 g/mol. The van der Waals surface area contributed by atoms with Gasteiger partial charge in [-0.05, 0) is 26.2 Å². The summed E-state index contributed by atoms with van der Waals surface area (Å²) >= 11 is 0. The molecule has 0 aromatic heterocycles. The quantitative estimate of drug-likeness (QED) is 0.680. The lowest BCUT2D eigenvalue weighted by molar-refractivity contribution is -0.135. The van der Waals surface area contributed by atoms with Crippen LogP contribution in [0.4, 0.5) is 0 Å². The number of β-amino-alcohol motifs (C(OH)–C–C–N with tert-alkyl or cyclic N) is 2. The van der Waals surface area contributed by atoms with Gasteiger partial charge in [0, 0.05) is 25.7 Å². The molecule has 5 nitrogen and oxygen atoms in total. The summed E-state index contributed by atoms with van der Waals surface area (Å²) in [6, 6.07) is 0.328. The van der Waals surface area contributed by atoms with Gasteiger partial charge in [0.05, 0.1) is 18.8 Å². The number of rotatable bonds is 2. The van der Waals surface area contributed by atoms with Crippen molar-refractivity contribution in [2.75, 3.05) is 26.2 Å². The van der Waals surface area contributed by atoms with Gasteiger partial charge in [0.25, 0.3) is 0 Å². The van der Waals surface area contributed by atoms with E-state index in [9.17, 15) is 15.0 Å². The molecule has 0 spiro atoms. The zero-order valence-corrected chi connectivity index (χ0v) is 10.4. The first kappa shape index (κ1) is 12.8. The van der Waals surface area contributed by atoms with Gasteiger partial charge in [0.1, 0.15) is 0 Å². The Balaban J connectivity index is 1.84. The Morgan fingerprint density at radius 3 is 2.47 bits per heavy atom. The van der Waals surface area contributed by atoms with E-state index in [2.05, 4.69) is 6.92 Å². The SMILES string of the molecule is CC1CCCCN1C(=O)CN1C[C@@H](O)[C@@H](O)C1. The third-order valence-corrected chi connectivity index (χ3v) is 3.82. The highest BCUT2D eigenvalue weighted by molar-refractivity contribution is 5.78. The third-order valence-electron chi connectivity index (χ3n) is 3.82. The molecule has 2 heterocycles. The van der Waals surface area contributed by atoms with Gasteiger partial charge < -0.3 is 15.1 Å². The van der Waals surface area contributed by atoms with Crippen molar-refractivity contribution in [3.63, 3.8) is 0 Å². The molecule has 2 saturated heterocycles. The lowest BCUT2D eigenvalue weighted by Gasteiger charge is -2.34. The van der Waals surface area contributed by atoms with Crippen molar-refractivity contribution in [1.29, 1.82) is 0 Å². The van der Waals surface area contributed by atoms with Crippen LogP contribution < -0.4 is 0 Å². The second-order valence-electron chi connectivity index (χ2n) is 5.26. The number of hydrogen-bond acceptors (Lipinski definition) is 4. The number of amides is 1. The maximum atomic E-state index is 12.1. The minimum absolute atomic E-state index is 0.124. The van der Waals surface area contributed by atoms with Crippen molar-refractivity contribution in [2.24, 2.45) is 0 Å². The van der Waals surface area contributed by atoms with Crippen LogP contribution >= 0.6 is 0 Å². The van der Waals surface area contributed by atoms with Gasteiger partial charge in [0.2, 0.25) is 5.91 Å². The molecule has 0 radical (unpaired) electrons. The van der Waals surface area contributed by atoms with E-state index >= 15 is 0 Å². The summed E-state index contributed by atoms with van der Waals surface area (Å²) in [7, 11) is 0. The Labute approximate surface area is 102 Å². The van der Waals surface area contributed by atoms with Crippen LogP contribution in [-0.4, -0.2) is 70.3 Å². The van der Waals surface area contributed by atoms with Crippen molar-refractivity contribution in [3.8, 4) is 0 Å². The van der Waals surface area contributed by atoms with Crippen LogP contribution in [0.3, 0.4) is 0 Å². The molecule has 2 rings (SSSR count). The lowest BCUT2D eigenvalue weighted by atomic mass is 10.0. The molecule has 0 aromatic carbocycles. The van der Waals surface area contributed by atoms with Crippen molar-refractivity contribution in [3.05, 3.63) is 0 Å². The monoisotopic (exact) mass is 242 g/mol. The molecule has 3 atom stereocenters. The average molecular weight is 242 g/mol. The highest BCUT2D eigenvalue weighted by Gasteiger charge is 2.32. The number of carbonyl (C=O) groups excluding carboxylic acids is 1. The lowest BCUT2D eigenvalue weighted by Crippen LogP contribution is -2.46. The van der Waals surface area contributed by atoms with E-state index in [0.29, 0.717) is 25.7 Å². The molecule has 5 heteroatoms. The predicted molar refractivity (Wildman–Crippen MR) is 63.5 cm³/mol. The van der Waals surface area contributed by atoms with E-state index in [1.165, 1.54) is 6.42 Å². The number of nitrogens with zero attached hydrogens (tertiary/aromatic N) is 2. The van der Waals surface area contributed by atoms with Crippen molar-refractivity contribution < 1.29 is 15.0 Å². The number of hydrogen-bond donors (Lipinski definition) is 2. The van der Waals surface area contributed by atoms with Gasteiger partial charge in [0.15, 0.2) is 0 Å². The fourth-order valence-corrected chi connectivity index (χ4v) is 2.73. The molecule has 0 bridgehead atoms. The summed E-state index contributed by atoms with van der Waals surface area (Å²) in [4.78, 5) is 15.9. The van der Waals surface area contributed by atoms with Gasteiger partial charge >= 0.3 is 0 Å². The summed E-state index contributed by atoms with van der Waals surface area (Å²) in [6.07, 6.45) is 1.95. The van der Waals surface area contributed by atoms with E-state index in [1.807, 2.05) is 9.80 Å². The predicted octanol–water partition coefficient (Wildman–Crippen LogP) is -0.575. The largest absolute Gasteiger partial charge is 0.389 e. The summed E-state index contributed by atoms with van der Waals surface area (Å²) < 4.78 is 0. The molecule has 1 unspecified atom stereocenters. The van der Waals surface area contributed by atoms with E-state index in [1.54, 1.807) is 0 Å². The van der Waals surface area contributed by atoms with E-state index in [-0.39, 0.29) is 5.91 Å². The smallest absolute Gasteiger partial charge is 0.236 e. The molecule has 2 N–H and O–H groups in total. The number of likely N-dealkylation sites (tertiary alicyclic amines) is 2. The maximum absolute atomic E-state index is 12.1. The average Bonchev–Trinajstić information content (AvgIpc) is 2.58. The summed E-state index contributed by atoms with van der Waals surface area (Å²) in [5.41, 5.74) is 0. The van der Waals surface area contributed by atoms with E-state index in [0.717, 1.165) is 19.4 Å². The fourth-order valence-electron chi connectivity index (χ4n) is 2.73.